The first-order chi connectivity index (χ1) is 13.7. The van der Waals surface area contributed by atoms with Gasteiger partial charge in [0.15, 0.2) is 6.61 Å². The molecule has 0 atom stereocenters. The van der Waals surface area contributed by atoms with Crippen LogP contribution in [0.2, 0.25) is 5.02 Å². The molecule has 1 aromatic rings. The van der Waals surface area contributed by atoms with E-state index in [1.165, 1.54) is 7.11 Å². The number of hydrogen-bond acceptors (Lipinski definition) is 6. The highest BCUT2D eigenvalue weighted by Crippen LogP contribution is 2.31. The number of carbonyl (C=O) groups excluding carboxylic acids is 4. The van der Waals surface area contributed by atoms with E-state index in [1.807, 2.05) is 0 Å². The third kappa shape index (κ3) is 4.79. The molecule has 10 heteroatoms. The molecule has 0 spiro atoms. The van der Waals surface area contributed by atoms with Gasteiger partial charge in [0, 0.05) is 11.1 Å². The van der Waals surface area contributed by atoms with E-state index in [4.69, 9.17) is 21.1 Å². The first-order valence-electron chi connectivity index (χ1n) is 9.11. The Hall–Kier alpha value is -2.81. The Morgan fingerprint density at radius 1 is 1.24 bits per heavy atom. The lowest BCUT2D eigenvalue weighted by Gasteiger charge is -2.22. The van der Waals surface area contributed by atoms with Crippen molar-refractivity contribution in [1.82, 2.24) is 10.2 Å². The van der Waals surface area contributed by atoms with Gasteiger partial charge in [-0.1, -0.05) is 25.4 Å². The standard InChI is InChI=1S/C19H24ClN3O6/c1-5-19(6-2)17(26)23(18(27)22-19)9-16(25)29-10-15(24)21-13-7-11(3)12(20)8-14(13)28-4/h7-8H,5-6,9-10H2,1-4H3,(H,21,24)(H,22,27). The molecule has 2 N–H and O–H groups in total. The van der Waals surface area contributed by atoms with E-state index in [0.29, 0.717) is 29.3 Å². The van der Waals surface area contributed by atoms with Crippen LogP contribution in [0.15, 0.2) is 12.1 Å². The number of amides is 4. The fourth-order valence-electron chi connectivity index (χ4n) is 2.99. The quantitative estimate of drug-likeness (QED) is 0.487. The van der Waals surface area contributed by atoms with Gasteiger partial charge in [0.2, 0.25) is 0 Å². The average molecular weight is 426 g/mol. The molecular weight excluding hydrogens is 402 g/mol. The summed E-state index contributed by atoms with van der Waals surface area (Å²) in [5.74, 6) is -1.59. The summed E-state index contributed by atoms with van der Waals surface area (Å²) in [6.45, 7) is 4.17. The molecule has 2 rings (SSSR count). The molecule has 4 amide bonds. The highest BCUT2D eigenvalue weighted by atomic mass is 35.5. The monoisotopic (exact) mass is 425 g/mol. The number of esters is 1. The van der Waals surface area contributed by atoms with Gasteiger partial charge in [-0.15, -0.1) is 0 Å². The summed E-state index contributed by atoms with van der Waals surface area (Å²) in [6.07, 6.45) is 0.814. The van der Waals surface area contributed by atoms with Crippen LogP contribution in [0, 0.1) is 6.92 Å². The van der Waals surface area contributed by atoms with Gasteiger partial charge in [-0.3, -0.25) is 19.3 Å². The summed E-state index contributed by atoms with van der Waals surface area (Å²) in [5, 5.41) is 5.67. The van der Waals surface area contributed by atoms with Crippen molar-refractivity contribution >= 4 is 41.1 Å². The van der Waals surface area contributed by atoms with Crippen molar-refractivity contribution < 1.29 is 28.7 Å². The smallest absolute Gasteiger partial charge is 0.326 e. The van der Waals surface area contributed by atoms with Gasteiger partial charge in [-0.25, -0.2) is 4.79 Å². The molecule has 158 valence electrons. The number of urea groups is 1. The van der Waals surface area contributed by atoms with E-state index >= 15 is 0 Å². The van der Waals surface area contributed by atoms with Crippen LogP contribution in [0.25, 0.3) is 0 Å². The number of hydrogen-bond donors (Lipinski definition) is 2. The van der Waals surface area contributed by atoms with Crippen LogP contribution < -0.4 is 15.4 Å². The predicted octanol–water partition coefficient (Wildman–Crippen LogP) is 2.25. The summed E-state index contributed by atoms with van der Waals surface area (Å²) in [6, 6.07) is 2.54. The van der Waals surface area contributed by atoms with Crippen LogP contribution in [-0.2, 0) is 19.1 Å². The molecule has 0 bridgehead atoms. The van der Waals surface area contributed by atoms with Crippen LogP contribution in [0.4, 0.5) is 10.5 Å². The Morgan fingerprint density at radius 2 is 1.90 bits per heavy atom. The van der Waals surface area contributed by atoms with Crippen molar-refractivity contribution in [1.29, 1.82) is 0 Å². The normalized spacial score (nSPS) is 15.1. The zero-order chi connectivity index (χ0) is 21.8. The lowest BCUT2D eigenvalue weighted by molar-refractivity contribution is -0.150. The van der Waals surface area contributed by atoms with Crippen LogP contribution in [-0.4, -0.2) is 54.5 Å². The van der Waals surface area contributed by atoms with E-state index in [9.17, 15) is 19.2 Å². The number of methoxy groups -OCH3 is 1. The Bertz CT molecular complexity index is 837. The average Bonchev–Trinajstić information content (AvgIpc) is 2.93. The lowest BCUT2D eigenvalue weighted by Crippen LogP contribution is -2.46. The number of benzene rings is 1. The maximum Gasteiger partial charge on any atom is 0.326 e. The fraction of sp³-hybridized carbons (Fsp3) is 0.474. The third-order valence-corrected chi connectivity index (χ3v) is 5.27. The molecule has 1 aliphatic rings. The van der Waals surface area contributed by atoms with E-state index in [-0.39, 0.29) is 0 Å². The first-order valence-corrected chi connectivity index (χ1v) is 9.49. The molecule has 1 heterocycles. The van der Waals surface area contributed by atoms with Crippen LogP contribution in [0.5, 0.6) is 5.75 Å². The number of anilines is 1. The second-order valence-corrected chi connectivity index (χ2v) is 7.03. The van der Waals surface area contributed by atoms with Crippen LogP contribution in [0.3, 0.4) is 0 Å². The van der Waals surface area contributed by atoms with E-state index < -0.39 is 42.5 Å². The molecule has 9 nitrogen and oxygen atoms in total. The summed E-state index contributed by atoms with van der Waals surface area (Å²) < 4.78 is 10.1. The number of aryl methyl sites for hydroxylation is 1. The van der Waals surface area contributed by atoms with E-state index in [1.54, 1.807) is 32.9 Å². The topological polar surface area (TPSA) is 114 Å². The molecule has 1 aliphatic heterocycles. The summed E-state index contributed by atoms with van der Waals surface area (Å²) in [5.41, 5.74) is 0.103. The van der Waals surface area contributed by atoms with Crippen molar-refractivity contribution in [3.63, 3.8) is 0 Å². The van der Waals surface area contributed by atoms with E-state index in [0.717, 1.165) is 10.5 Å². The predicted molar refractivity (Wildman–Crippen MR) is 106 cm³/mol. The number of nitrogens with one attached hydrogen (secondary N) is 2. The Morgan fingerprint density at radius 3 is 2.45 bits per heavy atom. The molecule has 0 aliphatic carbocycles. The molecule has 1 fully saturated rings. The van der Waals surface area contributed by atoms with Crippen molar-refractivity contribution in [3.05, 3.63) is 22.7 Å². The molecule has 0 saturated carbocycles. The summed E-state index contributed by atoms with van der Waals surface area (Å²) in [7, 11) is 1.43. The van der Waals surface area contributed by atoms with Gasteiger partial charge in [0.05, 0.1) is 12.8 Å². The minimum atomic E-state index is -1.00. The first kappa shape index (κ1) is 22.5. The summed E-state index contributed by atoms with van der Waals surface area (Å²) in [4.78, 5) is 49.5. The molecule has 0 unspecified atom stereocenters. The van der Waals surface area contributed by atoms with Gasteiger partial charge >= 0.3 is 12.0 Å². The van der Waals surface area contributed by atoms with Gasteiger partial charge in [0.25, 0.3) is 11.8 Å². The number of rotatable bonds is 8. The maximum atomic E-state index is 12.5. The minimum Gasteiger partial charge on any atom is -0.495 e. The van der Waals surface area contributed by atoms with Crippen LogP contribution in [0.1, 0.15) is 32.3 Å². The molecule has 1 saturated heterocycles. The zero-order valence-electron chi connectivity index (χ0n) is 16.8. The van der Waals surface area contributed by atoms with Crippen molar-refractivity contribution in [2.45, 2.75) is 39.2 Å². The largest absolute Gasteiger partial charge is 0.495 e. The number of halogens is 1. The Kier molecular flexibility index (Phi) is 7.07. The van der Waals surface area contributed by atoms with Crippen molar-refractivity contribution in [2.24, 2.45) is 0 Å². The number of imide groups is 1. The van der Waals surface area contributed by atoms with Crippen LogP contribution >= 0.6 is 11.6 Å². The highest BCUT2D eigenvalue weighted by molar-refractivity contribution is 6.31. The molecule has 0 radical (unpaired) electrons. The zero-order valence-corrected chi connectivity index (χ0v) is 17.5. The second kappa shape index (κ2) is 9.13. The Balaban J connectivity index is 1.93. The van der Waals surface area contributed by atoms with E-state index in [2.05, 4.69) is 10.6 Å². The highest BCUT2D eigenvalue weighted by Gasteiger charge is 2.49. The van der Waals surface area contributed by atoms with Crippen molar-refractivity contribution in [3.8, 4) is 5.75 Å². The van der Waals surface area contributed by atoms with Gasteiger partial charge in [-0.05, 0) is 31.4 Å². The minimum absolute atomic E-state index is 0.357. The molecule has 1 aromatic carbocycles. The Labute approximate surface area is 173 Å². The molecule has 0 aromatic heterocycles. The maximum absolute atomic E-state index is 12.5. The summed E-state index contributed by atoms with van der Waals surface area (Å²) >= 11 is 6.02. The molecule has 29 heavy (non-hydrogen) atoms. The van der Waals surface area contributed by atoms with Gasteiger partial charge < -0.3 is 20.1 Å². The number of carbonyl (C=O) groups is 4. The lowest BCUT2D eigenvalue weighted by atomic mass is 9.93. The van der Waals surface area contributed by atoms with Gasteiger partial charge in [-0.2, -0.15) is 0 Å². The SMILES string of the molecule is CCC1(CC)NC(=O)N(CC(=O)OCC(=O)Nc2cc(C)c(Cl)cc2OC)C1=O. The van der Waals surface area contributed by atoms with Crippen molar-refractivity contribution in [2.75, 3.05) is 25.6 Å². The van der Waals surface area contributed by atoms with Gasteiger partial charge in [0.1, 0.15) is 17.8 Å². The number of nitrogens with zero attached hydrogens (tertiary/aromatic N) is 1. The fourth-order valence-corrected chi connectivity index (χ4v) is 3.14. The second-order valence-electron chi connectivity index (χ2n) is 6.62. The third-order valence-electron chi connectivity index (χ3n) is 4.86. The number of ether oxygens (including phenoxy) is 2. The molecular formula is C19H24ClN3O6.